The number of urea groups is 1. The summed E-state index contributed by atoms with van der Waals surface area (Å²) in [6, 6.07) is 0.978. The number of rotatable bonds is 5. The highest BCUT2D eigenvalue weighted by atomic mass is 16.7. The van der Waals surface area contributed by atoms with Crippen LogP contribution in [0.15, 0.2) is 0 Å². The molecule has 1 N–H and O–H groups in total. The molecule has 2 saturated heterocycles. The summed E-state index contributed by atoms with van der Waals surface area (Å²) in [5.41, 5.74) is 0.818. The van der Waals surface area contributed by atoms with E-state index >= 15 is 0 Å². The van der Waals surface area contributed by atoms with Gasteiger partial charge in [0.05, 0.1) is 12.7 Å². The Kier molecular flexibility index (Phi) is 8.65. The molecule has 0 aromatic rings. The summed E-state index contributed by atoms with van der Waals surface area (Å²) >= 11 is 0. The maximum Gasteiger partial charge on any atom is 0.317 e. The van der Waals surface area contributed by atoms with E-state index in [0.717, 1.165) is 56.2 Å². The molecule has 2 amide bonds. The van der Waals surface area contributed by atoms with Gasteiger partial charge in [0.25, 0.3) is 0 Å². The monoisotopic (exact) mass is 612 g/mol. The standard InChI is InChI=1S/C38H65N3O3/c1-25-14-19-38(43-24-25)26(2)34-33(44-38)23-32-30-13-12-27-22-28(15-17-36(27,3)31(30)16-18-37(32,34)4)39-35(42)41(21-20-40(5)6)29-10-8-7-9-11-29/h25-34H,7-24H2,1-6H3,(H,39,42)/t25-,26-,27+,28+,30+,31?,32?,33?,34?,36-,37-,38+/m0/s1. The van der Waals surface area contributed by atoms with Crippen LogP contribution in [0.4, 0.5) is 4.79 Å². The second-order valence-corrected chi connectivity index (χ2v) is 17.9. The molecule has 6 heteroatoms. The average molecular weight is 612 g/mol. The van der Waals surface area contributed by atoms with E-state index in [1.54, 1.807) is 0 Å². The molecule has 7 rings (SSSR count). The van der Waals surface area contributed by atoms with Crippen LogP contribution in [-0.2, 0) is 9.47 Å². The zero-order valence-electron chi connectivity index (χ0n) is 29.1. The van der Waals surface area contributed by atoms with E-state index in [1.165, 1.54) is 83.5 Å². The SMILES string of the molecule is C[C@H]1CC[C@@]2(OC1)OC1CC3[C@@H]4CC[C@@H]5C[C@H](NC(=O)N(CCN(C)C)C6CCCCC6)CC[C@]5(C)C4CC[C@]3(C)C1[C@@H]2C. The van der Waals surface area contributed by atoms with Crippen LogP contribution in [-0.4, -0.2) is 73.6 Å². The first-order valence-corrected chi connectivity index (χ1v) is 19.1. The van der Waals surface area contributed by atoms with E-state index < -0.39 is 0 Å². The lowest BCUT2D eigenvalue weighted by molar-refractivity contribution is -0.273. The summed E-state index contributed by atoms with van der Waals surface area (Å²) in [5.74, 6) is 4.74. The van der Waals surface area contributed by atoms with E-state index in [2.05, 4.69) is 56.9 Å². The van der Waals surface area contributed by atoms with Gasteiger partial charge in [0, 0.05) is 37.5 Å². The van der Waals surface area contributed by atoms with Gasteiger partial charge in [-0.25, -0.2) is 4.79 Å². The molecule has 6 nitrogen and oxygen atoms in total. The van der Waals surface area contributed by atoms with Crippen molar-refractivity contribution in [3.8, 4) is 0 Å². The number of ether oxygens (including phenoxy) is 2. The smallest absolute Gasteiger partial charge is 0.317 e. The maximum absolute atomic E-state index is 13.8. The molecular weight excluding hydrogens is 546 g/mol. The number of amides is 2. The molecule has 0 bridgehead atoms. The van der Waals surface area contributed by atoms with E-state index in [4.69, 9.17) is 9.47 Å². The fourth-order valence-corrected chi connectivity index (χ4v) is 12.8. The van der Waals surface area contributed by atoms with Crippen molar-refractivity contribution in [2.24, 2.45) is 52.3 Å². The summed E-state index contributed by atoms with van der Waals surface area (Å²) in [4.78, 5) is 18.2. The molecule has 1 spiro atoms. The molecule has 4 unspecified atom stereocenters. The summed E-state index contributed by atoms with van der Waals surface area (Å²) in [7, 11) is 4.24. The molecule has 5 saturated carbocycles. The van der Waals surface area contributed by atoms with Gasteiger partial charge in [0.1, 0.15) is 0 Å². The largest absolute Gasteiger partial charge is 0.349 e. The van der Waals surface area contributed by atoms with Crippen LogP contribution in [0.25, 0.3) is 0 Å². The minimum Gasteiger partial charge on any atom is -0.349 e. The molecule has 0 aromatic carbocycles. The third kappa shape index (κ3) is 5.27. The van der Waals surface area contributed by atoms with Crippen molar-refractivity contribution in [2.75, 3.05) is 33.8 Å². The predicted molar refractivity (Wildman–Crippen MR) is 176 cm³/mol. The second kappa shape index (κ2) is 12.0. The molecule has 0 aromatic heterocycles. The van der Waals surface area contributed by atoms with Crippen LogP contribution in [0.5, 0.6) is 0 Å². The Morgan fingerprint density at radius 1 is 0.841 bits per heavy atom. The minimum atomic E-state index is -0.307. The predicted octanol–water partition coefficient (Wildman–Crippen LogP) is 7.71. The summed E-state index contributed by atoms with van der Waals surface area (Å²) in [6.45, 7) is 12.8. The zero-order chi connectivity index (χ0) is 30.9. The van der Waals surface area contributed by atoms with Crippen LogP contribution >= 0.6 is 0 Å². The molecule has 0 radical (unpaired) electrons. The second-order valence-electron chi connectivity index (χ2n) is 17.9. The van der Waals surface area contributed by atoms with Gasteiger partial charge < -0.3 is 24.6 Å². The third-order valence-corrected chi connectivity index (χ3v) is 15.3. The highest BCUT2D eigenvalue weighted by Crippen LogP contribution is 2.71. The quantitative estimate of drug-likeness (QED) is 0.346. The Labute approximate surface area is 269 Å². The number of carbonyl (C=O) groups excluding carboxylic acids is 1. The van der Waals surface area contributed by atoms with Gasteiger partial charge in [-0.1, -0.05) is 47.0 Å². The molecule has 12 atom stereocenters. The minimum absolute atomic E-state index is 0.218. The number of fused-ring (bicyclic) bond motifs is 7. The van der Waals surface area contributed by atoms with Gasteiger partial charge in [-0.2, -0.15) is 0 Å². The fourth-order valence-electron chi connectivity index (χ4n) is 12.8. The van der Waals surface area contributed by atoms with Gasteiger partial charge in [-0.05, 0) is 131 Å². The lowest BCUT2D eigenvalue weighted by Gasteiger charge is -2.61. The number of hydrogen-bond acceptors (Lipinski definition) is 4. The first kappa shape index (κ1) is 31.7. The summed E-state index contributed by atoms with van der Waals surface area (Å²) in [5, 5.41) is 3.61. The van der Waals surface area contributed by atoms with Crippen molar-refractivity contribution in [2.45, 2.75) is 148 Å². The van der Waals surface area contributed by atoms with Crippen LogP contribution in [0.1, 0.15) is 124 Å². The topological polar surface area (TPSA) is 54.0 Å². The van der Waals surface area contributed by atoms with Crippen molar-refractivity contribution in [3.63, 3.8) is 0 Å². The van der Waals surface area contributed by atoms with Crippen LogP contribution < -0.4 is 5.32 Å². The molecule has 7 aliphatic rings. The Hall–Kier alpha value is -0.850. The maximum atomic E-state index is 13.8. The van der Waals surface area contributed by atoms with Gasteiger partial charge in [-0.15, -0.1) is 0 Å². The van der Waals surface area contributed by atoms with Gasteiger partial charge in [-0.3, -0.25) is 0 Å². The van der Waals surface area contributed by atoms with Crippen molar-refractivity contribution >= 4 is 6.03 Å². The van der Waals surface area contributed by atoms with Gasteiger partial charge in [0.2, 0.25) is 0 Å². The molecule has 5 aliphatic carbocycles. The zero-order valence-corrected chi connectivity index (χ0v) is 29.1. The van der Waals surface area contributed by atoms with Crippen LogP contribution in [0.3, 0.4) is 0 Å². The third-order valence-electron chi connectivity index (χ3n) is 15.3. The van der Waals surface area contributed by atoms with E-state index in [9.17, 15) is 4.79 Å². The van der Waals surface area contributed by atoms with E-state index in [-0.39, 0.29) is 11.8 Å². The summed E-state index contributed by atoms with van der Waals surface area (Å²) in [6.07, 6.45) is 19.3. The Morgan fingerprint density at radius 3 is 2.34 bits per heavy atom. The highest BCUT2D eigenvalue weighted by Gasteiger charge is 2.69. The first-order chi connectivity index (χ1) is 21.0. The Balaban J connectivity index is 1.00. The van der Waals surface area contributed by atoms with Crippen LogP contribution in [0, 0.1) is 52.3 Å². The molecule has 44 heavy (non-hydrogen) atoms. The highest BCUT2D eigenvalue weighted by molar-refractivity contribution is 5.75. The van der Waals surface area contributed by atoms with E-state index in [1.807, 2.05) is 0 Å². The number of nitrogens with zero attached hydrogens (tertiary/aromatic N) is 2. The van der Waals surface area contributed by atoms with Gasteiger partial charge >= 0.3 is 6.03 Å². The van der Waals surface area contributed by atoms with E-state index in [0.29, 0.717) is 46.8 Å². The number of likely N-dealkylation sites (N-methyl/N-ethyl adjacent to an activating group) is 1. The molecular formula is C38H65N3O3. The summed E-state index contributed by atoms with van der Waals surface area (Å²) < 4.78 is 13.6. The normalized spacial score (nSPS) is 48.8. The average Bonchev–Trinajstić information content (AvgIpc) is 3.45. The van der Waals surface area contributed by atoms with Crippen molar-refractivity contribution in [3.05, 3.63) is 0 Å². The first-order valence-electron chi connectivity index (χ1n) is 19.1. The molecule has 250 valence electrons. The fraction of sp³-hybridized carbons (Fsp3) is 0.974. The van der Waals surface area contributed by atoms with Crippen molar-refractivity contribution < 1.29 is 14.3 Å². The Bertz CT molecular complexity index is 1040. The molecule has 2 heterocycles. The van der Waals surface area contributed by atoms with Gasteiger partial charge in [0.15, 0.2) is 5.79 Å². The lowest BCUT2D eigenvalue weighted by Crippen LogP contribution is -2.57. The number of carbonyl (C=O) groups is 1. The number of hydrogen-bond donors (Lipinski definition) is 1. The van der Waals surface area contributed by atoms with Crippen molar-refractivity contribution in [1.82, 2.24) is 15.1 Å². The molecule has 2 aliphatic heterocycles. The lowest BCUT2D eigenvalue weighted by atomic mass is 9.44. The molecule has 7 fully saturated rings. The van der Waals surface area contributed by atoms with Crippen LogP contribution in [0.2, 0.25) is 0 Å². The van der Waals surface area contributed by atoms with Crippen molar-refractivity contribution in [1.29, 1.82) is 0 Å². The number of nitrogens with one attached hydrogen (secondary N) is 1. The Morgan fingerprint density at radius 2 is 1.61 bits per heavy atom.